The molecule has 0 aliphatic heterocycles. The summed E-state index contributed by atoms with van der Waals surface area (Å²) < 4.78 is 4.71. The number of hydrogen-bond acceptors (Lipinski definition) is 6. The van der Waals surface area contributed by atoms with Crippen LogP contribution in [0.1, 0.15) is 37.0 Å². The van der Waals surface area contributed by atoms with E-state index in [4.69, 9.17) is 4.74 Å². The molecule has 1 amide bonds. The number of hydrogen-bond donors (Lipinski definition) is 1. The van der Waals surface area contributed by atoms with E-state index in [2.05, 4.69) is 15.3 Å². The van der Waals surface area contributed by atoms with Gasteiger partial charge in [-0.05, 0) is 24.7 Å². The standard InChI is InChI=1S/C14H21N3O3S/c1-6-21-14-15-9(4)7-10(16-14)12(18)17-11(8(2)3)13(19)20-5/h7-8,11H,6H2,1-5H3,(H,17,18). The van der Waals surface area contributed by atoms with Crippen LogP contribution < -0.4 is 5.32 Å². The third kappa shape index (κ3) is 5.00. The average Bonchev–Trinajstić information content (AvgIpc) is 2.43. The number of nitrogens with one attached hydrogen (secondary N) is 1. The first-order valence-corrected chi connectivity index (χ1v) is 7.74. The fourth-order valence-corrected chi connectivity index (χ4v) is 2.32. The van der Waals surface area contributed by atoms with Crippen molar-refractivity contribution in [3.05, 3.63) is 17.5 Å². The van der Waals surface area contributed by atoms with E-state index in [0.717, 1.165) is 5.75 Å². The molecule has 1 rings (SSSR count). The van der Waals surface area contributed by atoms with Gasteiger partial charge in [0.1, 0.15) is 11.7 Å². The van der Waals surface area contributed by atoms with E-state index in [9.17, 15) is 9.59 Å². The van der Waals surface area contributed by atoms with Crippen LogP contribution in [0.25, 0.3) is 0 Å². The predicted molar refractivity (Wildman–Crippen MR) is 81.3 cm³/mol. The highest BCUT2D eigenvalue weighted by Crippen LogP contribution is 2.14. The Kier molecular flexibility index (Phi) is 6.61. The van der Waals surface area contributed by atoms with E-state index < -0.39 is 17.9 Å². The summed E-state index contributed by atoms with van der Waals surface area (Å²) in [5.74, 6) is -0.120. The molecule has 1 aromatic heterocycles. The first-order chi connectivity index (χ1) is 9.88. The SMILES string of the molecule is CCSc1nc(C)cc(C(=O)NC(C(=O)OC)C(C)C)n1. The van der Waals surface area contributed by atoms with Crippen molar-refractivity contribution < 1.29 is 14.3 Å². The minimum atomic E-state index is -0.694. The summed E-state index contributed by atoms with van der Waals surface area (Å²) in [5, 5.41) is 3.22. The third-order valence-electron chi connectivity index (χ3n) is 2.75. The molecule has 1 aromatic rings. The highest BCUT2D eigenvalue weighted by atomic mass is 32.2. The molecule has 1 heterocycles. The van der Waals surface area contributed by atoms with Gasteiger partial charge in [-0.1, -0.05) is 32.5 Å². The molecule has 0 aliphatic carbocycles. The maximum atomic E-state index is 12.3. The lowest BCUT2D eigenvalue weighted by Crippen LogP contribution is -2.45. The molecule has 1 unspecified atom stereocenters. The average molecular weight is 311 g/mol. The van der Waals surface area contributed by atoms with Gasteiger partial charge < -0.3 is 10.1 Å². The molecule has 0 saturated heterocycles. The zero-order valence-corrected chi connectivity index (χ0v) is 13.8. The summed E-state index contributed by atoms with van der Waals surface area (Å²) in [7, 11) is 1.30. The second-order valence-electron chi connectivity index (χ2n) is 4.83. The van der Waals surface area contributed by atoms with Gasteiger partial charge in [-0.3, -0.25) is 4.79 Å². The highest BCUT2D eigenvalue weighted by Gasteiger charge is 2.26. The Balaban J connectivity index is 2.94. The fraction of sp³-hybridized carbons (Fsp3) is 0.571. The van der Waals surface area contributed by atoms with Gasteiger partial charge in [0.2, 0.25) is 0 Å². The number of aromatic nitrogens is 2. The smallest absolute Gasteiger partial charge is 0.328 e. The Morgan fingerprint density at radius 1 is 1.38 bits per heavy atom. The van der Waals surface area contributed by atoms with Crippen LogP contribution in [-0.2, 0) is 9.53 Å². The van der Waals surface area contributed by atoms with Crippen molar-refractivity contribution in [2.24, 2.45) is 5.92 Å². The second kappa shape index (κ2) is 7.97. The van der Waals surface area contributed by atoms with Crippen LogP contribution >= 0.6 is 11.8 Å². The Morgan fingerprint density at radius 3 is 2.57 bits per heavy atom. The number of rotatable bonds is 6. The van der Waals surface area contributed by atoms with E-state index in [1.165, 1.54) is 18.9 Å². The number of methoxy groups -OCH3 is 1. The molecule has 0 aliphatic rings. The molecule has 21 heavy (non-hydrogen) atoms. The van der Waals surface area contributed by atoms with Crippen molar-refractivity contribution in [3.63, 3.8) is 0 Å². The Hall–Kier alpha value is -1.63. The largest absolute Gasteiger partial charge is 0.467 e. The van der Waals surface area contributed by atoms with Gasteiger partial charge in [0.25, 0.3) is 5.91 Å². The number of ether oxygens (including phenoxy) is 1. The van der Waals surface area contributed by atoms with E-state index >= 15 is 0 Å². The lowest BCUT2D eigenvalue weighted by Gasteiger charge is -2.19. The van der Waals surface area contributed by atoms with Gasteiger partial charge in [-0.25, -0.2) is 14.8 Å². The van der Waals surface area contributed by atoms with Crippen LogP contribution in [0.4, 0.5) is 0 Å². The van der Waals surface area contributed by atoms with Crippen LogP contribution in [-0.4, -0.2) is 40.7 Å². The predicted octanol–water partition coefficient (Wildman–Crippen LogP) is 1.82. The number of amides is 1. The second-order valence-corrected chi connectivity index (χ2v) is 6.06. The van der Waals surface area contributed by atoms with Crippen molar-refractivity contribution in [3.8, 4) is 0 Å². The maximum Gasteiger partial charge on any atom is 0.328 e. The first kappa shape index (κ1) is 17.4. The van der Waals surface area contributed by atoms with Crippen molar-refractivity contribution >= 4 is 23.6 Å². The maximum absolute atomic E-state index is 12.3. The molecular weight excluding hydrogens is 290 g/mol. The summed E-state index contributed by atoms with van der Waals surface area (Å²) in [4.78, 5) is 32.4. The van der Waals surface area contributed by atoms with E-state index in [0.29, 0.717) is 10.9 Å². The lowest BCUT2D eigenvalue weighted by molar-refractivity contribution is -0.144. The first-order valence-electron chi connectivity index (χ1n) is 6.76. The molecule has 6 nitrogen and oxygen atoms in total. The van der Waals surface area contributed by atoms with Crippen molar-refractivity contribution in [2.75, 3.05) is 12.9 Å². The minimum Gasteiger partial charge on any atom is -0.467 e. The van der Waals surface area contributed by atoms with Crippen molar-refractivity contribution in [1.82, 2.24) is 15.3 Å². The van der Waals surface area contributed by atoms with Gasteiger partial charge in [-0.15, -0.1) is 0 Å². The zero-order valence-electron chi connectivity index (χ0n) is 13.0. The van der Waals surface area contributed by atoms with Gasteiger partial charge in [0.05, 0.1) is 7.11 Å². The van der Waals surface area contributed by atoms with Gasteiger partial charge in [0.15, 0.2) is 5.16 Å². The van der Waals surface area contributed by atoms with Crippen molar-refractivity contribution in [1.29, 1.82) is 0 Å². The van der Waals surface area contributed by atoms with Gasteiger partial charge in [0, 0.05) is 5.69 Å². The molecule has 0 spiro atoms. The van der Waals surface area contributed by atoms with Gasteiger partial charge in [-0.2, -0.15) is 0 Å². The minimum absolute atomic E-state index is 0.0752. The summed E-state index contributed by atoms with van der Waals surface area (Å²) in [6.45, 7) is 7.47. The van der Waals surface area contributed by atoms with Crippen LogP contribution in [0.15, 0.2) is 11.2 Å². The van der Waals surface area contributed by atoms with E-state index in [1.54, 1.807) is 13.0 Å². The number of esters is 1. The molecule has 1 atom stereocenters. The summed E-state index contributed by atoms with van der Waals surface area (Å²) in [6.07, 6.45) is 0. The molecular formula is C14H21N3O3S. The van der Waals surface area contributed by atoms with Crippen molar-refractivity contribution in [2.45, 2.75) is 38.9 Å². The molecule has 0 fully saturated rings. The molecule has 0 bridgehead atoms. The molecule has 7 heteroatoms. The normalized spacial score (nSPS) is 12.1. The Bertz CT molecular complexity index is 520. The lowest BCUT2D eigenvalue weighted by atomic mass is 10.0. The molecule has 1 N–H and O–H groups in total. The Morgan fingerprint density at radius 2 is 2.05 bits per heavy atom. The number of carbonyl (C=O) groups excluding carboxylic acids is 2. The van der Waals surface area contributed by atoms with Gasteiger partial charge >= 0.3 is 5.97 Å². The number of carbonyl (C=O) groups is 2. The monoisotopic (exact) mass is 311 g/mol. The number of thioether (sulfide) groups is 1. The molecule has 116 valence electrons. The summed E-state index contributed by atoms with van der Waals surface area (Å²) in [5.41, 5.74) is 0.971. The molecule has 0 saturated carbocycles. The summed E-state index contributed by atoms with van der Waals surface area (Å²) in [6, 6.07) is 0.907. The Labute approximate surface area is 129 Å². The van der Waals surface area contributed by atoms with E-state index in [-0.39, 0.29) is 11.6 Å². The zero-order chi connectivity index (χ0) is 16.0. The van der Waals surface area contributed by atoms with Crippen LogP contribution in [0.2, 0.25) is 0 Å². The van der Waals surface area contributed by atoms with E-state index in [1.807, 2.05) is 20.8 Å². The quantitative estimate of drug-likeness (QED) is 0.490. The molecule has 0 radical (unpaired) electrons. The number of nitrogens with zero attached hydrogens (tertiary/aromatic N) is 2. The topological polar surface area (TPSA) is 81.2 Å². The van der Waals surface area contributed by atoms with Crippen LogP contribution in [0, 0.1) is 12.8 Å². The fourth-order valence-electron chi connectivity index (χ4n) is 1.69. The number of aryl methyl sites for hydroxylation is 1. The molecule has 0 aromatic carbocycles. The third-order valence-corrected chi connectivity index (χ3v) is 3.48. The summed E-state index contributed by atoms with van der Waals surface area (Å²) >= 11 is 1.46. The van der Waals surface area contributed by atoms with Crippen LogP contribution in [0.5, 0.6) is 0 Å². The van der Waals surface area contributed by atoms with Crippen LogP contribution in [0.3, 0.4) is 0 Å². The highest BCUT2D eigenvalue weighted by molar-refractivity contribution is 7.99.